The lowest BCUT2D eigenvalue weighted by molar-refractivity contribution is 0.648. The van der Waals surface area contributed by atoms with Crippen LogP contribution in [-0.4, -0.2) is 36.4 Å². The summed E-state index contributed by atoms with van der Waals surface area (Å²) >= 11 is 7.92. The zero-order valence-electron chi connectivity index (χ0n) is 12.6. The van der Waals surface area contributed by atoms with Gasteiger partial charge in [-0.05, 0) is 37.5 Å². The first-order valence-corrected chi connectivity index (χ1v) is 8.99. The van der Waals surface area contributed by atoms with E-state index in [9.17, 15) is 0 Å². The second-order valence-corrected chi connectivity index (χ2v) is 7.53. The maximum atomic E-state index is 6.15. The standard InChI is InChI=1S/C16H19ClN4S/c1-11-2-5-13(17)10-14(11)20-6-8-21(9-7-20)16-19-18-15(22-16)12-3-4-12/h2,5,10,12H,3-4,6-9H2,1H3. The molecule has 0 N–H and O–H groups in total. The number of nitrogens with zero attached hydrogens (tertiary/aromatic N) is 4. The van der Waals surface area contributed by atoms with E-state index in [1.165, 1.54) is 29.1 Å². The Kier molecular flexibility index (Phi) is 3.70. The number of benzene rings is 1. The molecule has 1 saturated carbocycles. The number of hydrogen-bond acceptors (Lipinski definition) is 5. The number of halogens is 1. The largest absolute Gasteiger partial charge is 0.368 e. The fourth-order valence-corrected chi connectivity index (χ4v) is 4.14. The highest BCUT2D eigenvalue weighted by Gasteiger charge is 2.29. The first-order valence-electron chi connectivity index (χ1n) is 7.80. The highest BCUT2D eigenvalue weighted by atomic mass is 35.5. The van der Waals surface area contributed by atoms with Crippen molar-refractivity contribution in [2.45, 2.75) is 25.7 Å². The molecule has 0 unspecified atom stereocenters. The molecule has 4 nitrogen and oxygen atoms in total. The maximum Gasteiger partial charge on any atom is 0.208 e. The summed E-state index contributed by atoms with van der Waals surface area (Å²) in [4.78, 5) is 4.78. The summed E-state index contributed by atoms with van der Waals surface area (Å²) in [5, 5.41) is 11.9. The minimum Gasteiger partial charge on any atom is -0.368 e. The highest BCUT2D eigenvalue weighted by molar-refractivity contribution is 7.15. The topological polar surface area (TPSA) is 32.3 Å². The van der Waals surface area contributed by atoms with Crippen molar-refractivity contribution in [2.24, 2.45) is 0 Å². The van der Waals surface area contributed by atoms with Crippen LogP contribution < -0.4 is 9.80 Å². The first kappa shape index (κ1) is 14.3. The van der Waals surface area contributed by atoms with E-state index in [-0.39, 0.29) is 0 Å². The smallest absolute Gasteiger partial charge is 0.208 e. The summed E-state index contributed by atoms with van der Waals surface area (Å²) in [6.45, 7) is 6.13. The number of rotatable bonds is 3. The predicted molar refractivity (Wildman–Crippen MR) is 92.5 cm³/mol. The fraction of sp³-hybridized carbons (Fsp3) is 0.500. The van der Waals surface area contributed by atoms with Gasteiger partial charge in [0.05, 0.1) is 0 Å². The van der Waals surface area contributed by atoms with E-state index in [2.05, 4.69) is 39.1 Å². The normalized spacial score (nSPS) is 18.8. The summed E-state index contributed by atoms with van der Waals surface area (Å²) in [6.07, 6.45) is 2.58. The molecule has 2 heterocycles. The minimum absolute atomic E-state index is 0.696. The Labute approximate surface area is 139 Å². The van der Waals surface area contributed by atoms with Crippen LogP contribution in [0, 0.1) is 6.92 Å². The molecule has 1 aliphatic heterocycles. The third-order valence-corrected chi connectivity index (χ3v) is 5.80. The number of aromatic nitrogens is 2. The molecule has 0 amide bonds. The molecule has 4 rings (SSSR count). The van der Waals surface area contributed by atoms with E-state index in [0.717, 1.165) is 36.3 Å². The molecule has 0 radical (unpaired) electrons. The van der Waals surface area contributed by atoms with Crippen molar-refractivity contribution in [1.29, 1.82) is 0 Å². The molecule has 116 valence electrons. The van der Waals surface area contributed by atoms with Crippen molar-refractivity contribution in [2.75, 3.05) is 36.0 Å². The van der Waals surface area contributed by atoms with Gasteiger partial charge in [-0.25, -0.2) is 0 Å². The van der Waals surface area contributed by atoms with Gasteiger partial charge < -0.3 is 9.80 Å². The lowest BCUT2D eigenvalue weighted by atomic mass is 10.1. The van der Waals surface area contributed by atoms with Crippen LogP contribution in [0.2, 0.25) is 5.02 Å². The van der Waals surface area contributed by atoms with E-state index in [4.69, 9.17) is 11.6 Å². The lowest BCUT2D eigenvalue weighted by Gasteiger charge is -2.36. The van der Waals surface area contributed by atoms with Crippen LogP contribution >= 0.6 is 22.9 Å². The van der Waals surface area contributed by atoms with Gasteiger partial charge in [0, 0.05) is 42.8 Å². The number of hydrogen-bond donors (Lipinski definition) is 0. The molecule has 1 saturated heterocycles. The molecule has 1 aliphatic carbocycles. The Bertz CT molecular complexity index is 675. The van der Waals surface area contributed by atoms with E-state index in [1.807, 2.05) is 6.07 Å². The predicted octanol–water partition coefficient (Wildman–Crippen LogP) is 3.70. The molecule has 2 fully saturated rings. The second-order valence-electron chi connectivity index (χ2n) is 6.10. The Balaban J connectivity index is 1.44. The highest BCUT2D eigenvalue weighted by Crippen LogP contribution is 2.42. The van der Waals surface area contributed by atoms with Gasteiger partial charge in [-0.1, -0.05) is 29.0 Å². The van der Waals surface area contributed by atoms with Crippen LogP contribution in [0.25, 0.3) is 0 Å². The van der Waals surface area contributed by atoms with Gasteiger partial charge in [-0.15, -0.1) is 10.2 Å². The minimum atomic E-state index is 0.696. The Morgan fingerprint density at radius 2 is 1.82 bits per heavy atom. The molecule has 6 heteroatoms. The molecule has 0 bridgehead atoms. The second kappa shape index (κ2) is 5.70. The number of aryl methyl sites for hydroxylation is 1. The van der Waals surface area contributed by atoms with Gasteiger partial charge in [0.2, 0.25) is 5.13 Å². The van der Waals surface area contributed by atoms with Crippen LogP contribution in [0.3, 0.4) is 0 Å². The molecular formula is C16H19ClN4S. The van der Waals surface area contributed by atoms with Crippen molar-refractivity contribution in [3.63, 3.8) is 0 Å². The SMILES string of the molecule is Cc1ccc(Cl)cc1N1CCN(c2nnc(C3CC3)s2)CC1. The van der Waals surface area contributed by atoms with Crippen molar-refractivity contribution >= 4 is 33.8 Å². The summed E-state index contributed by atoms with van der Waals surface area (Å²) < 4.78 is 0. The summed E-state index contributed by atoms with van der Waals surface area (Å²) in [5.74, 6) is 0.696. The van der Waals surface area contributed by atoms with Crippen LogP contribution in [-0.2, 0) is 0 Å². The molecule has 0 atom stereocenters. The Morgan fingerprint density at radius 1 is 1.09 bits per heavy atom. The van der Waals surface area contributed by atoms with Crippen LogP contribution in [0.15, 0.2) is 18.2 Å². The van der Waals surface area contributed by atoms with Gasteiger partial charge in [-0.2, -0.15) is 0 Å². The first-order chi connectivity index (χ1) is 10.7. The molecule has 1 aromatic heterocycles. The van der Waals surface area contributed by atoms with Gasteiger partial charge in [0.25, 0.3) is 0 Å². The van der Waals surface area contributed by atoms with E-state index in [1.54, 1.807) is 11.3 Å². The van der Waals surface area contributed by atoms with Gasteiger partial charge >= 0.3 is 0 Å². The van der Waals surface area contributed by atoms with Crippen molar-refractivity contribution in [3.8, 4) is 0 Å². The molecule has 2 aromatic rings. The maximum absolute atomic E-state index is 6.15. The Hall–Kier alpha value is -1.33. The van der Waals surface area contributed by atoms with E-state index >= 15 is 0 Å². The van der Waals surface area contributed by atoms with Gasteiger partial charge in [-0.3, -0.25) is 0 Å². The van der Waals surface area contributed by atoms with Gasteiger partial charge in [0.1, 0.15) is 5.01 Å². The van der Waals surface area contributed by atoms with E-state index < -0.39 is 0 Å². The average Bonchev–Trinajstić information content (AvgIpc) is 3.27. The third kappa shape index (κ3) is 2.79. The van der Waals surface area contributed by atoms with Crippen molar-refractivity contribution < 1.29 is 0 Å². The quantitative estimate of drug-likeness (QED) is 0.856. The zero-order chi connectivity index (χ0) is 15.1. The molecule has 22 heavy (non-hydrogen) atoms. The Morgan fingerprint density at radius 3 is 2.55 bits per heavy atom. The van der Waals surface area contributed by atoms with Crippen molar-refractivity contribution in [1.82, 2.24) is 10.2 Å². The summed E-state index contributed by atoms with van der Waals surface area (Å²) in [5.41, 5.74) is 2.54. The molecular weight excluding hydrogens is 316 g/mol. The number of piperazine rings is 1. The monoisotopic (exact) mass is 334 g/mol. The fourth-order valence-electron chi connectivity index (χ4n) is 2.91. The van der Waals surface area contributed by atoms with Crippen LogP contribution in [0.1, 0.15) is 29.3 Å². The molecule has 0 spiro atoms. The average molecular weight is 335 g/mol. The summed E-state index contributed by atoms with van der Waals surface area (Å²) in [7, 11) is 0. The lowest BCUT2D eigenvalue weighted by Crippen LogP contribution is -2.46. The van der Waals surface area contributed by atoms with Crippen LogP contribution in [0.5, 0.6) is 0 Å². The van der Waals surface area contributed by atoms with Crippen LogP contribution in [0.4, 0.5) is 10.8 Å². The molecule has 1 aromatic carbocycles. The van der Waals surface area contributed by atoms with Crippen molar-refractivity contribution in [3.05, 3.63) is 33.8 Å². The third-order valence-electron chi connectivity index (χ3n) is 4.42. The zero-order valence-corrected chi connectivity index (χ0v) is 14.2. The van der Waals surface area contributed by atoms with E-state index in [0.29, 0.717) is 5.92 Å². The van der Waals surface area contributed by atoms with Gasteiger partial charge in [0.15, 0.2) is 0 Å². The summed E-state index contributed by atoms with van der Waals surface area (Å²) in [6, 6.07) is 6.12. The molecule has 2 aliphatic rings. The number of anilines is 2.